The normalized spacial score (nSPS) is 13.8. The van der Waals surface area contributed by atoms with Crippen molar-refractivity contribution >= 4 is 23.2 Å². The molecule has 0 bridgehead atoms. The van der Waals surface area contributed by atoms with E-state index in [9.17, 15) is 4.79 Å². The molecule has 5 nitrogen and oxygen atoms in total. The number of fused-ring (bicyclic) bond motifs is 1. The smallest absolute Gasteiger partial charge is 0.231 e. The van der Waals surface area contributed by atoms with Crippen molar-refractivity contribution < 1.29 is 19.0 Å². The van der Waals surface area contributed by atoms with Gasteiger partial charge in [0.25, 0.3) is 0 Å². The van der Waals surface area contributed by atoms with E-state index in [0.717, 1.165) is 12.0 Å². The molecule has 3 rings (SSSR count). The summed E-state index contributed by atoms with van der Waals surface area (Å²) >= 11 is 6.07. The molecule has 1 unspecified atom stereocenters. The number of hydrogen-bond acceptors (Lipinski definition) is 4. The van der Waals surface area contributed by atoms with Gasteiger partial charge in [0.15, 0.2) is 11.5 Å². The molecule has 1 heterocycles. The zero-order chi connectivity index (χ0) is 18.5. The summed E-state index contributed by atoms with van der Waals surface area (Å²) in [6, 6.07) is 10.8. The first-order chi connectivity index (χ1) is 12.6. The van der Waals surface area contributed by atoms with E-state index >= 15 is 0 Å². The van der Waals surface area contributed by atoms with Crippen molar-refractivity contribution in [1.29, 1.82) is 0 Å². The van der Waals surface area contributed by atoms with E-state index in [0.29, 0.717) is 47.8 Å². The van der Waals surface area contributed by atoms with Crippen molar-refractivity contribution in [1.82, 2.24) is 0 Å². The quantitative estimate of drug-likeness (QED) is 0.798. The molecule has 1 aliphatic rings. The van der Waals surface area contributed by atoms with E-state index in [1.807, 2.05) is 32.0 Å². The molecule has 0 fully saturated rings. The van der Waals surface area contributed by atoms with Crippen molar-refractivity contribution in [3.8, 4) is 17.2 Å². The first kappa shape index (κ1) is 18.4. The van der Waals surface area contributed by atoms with Gasteiger partial charge in [0, 0.05) is 5.02 Å². The van der Waals surface area contributed by atoms with E-state index in [1.54, 1.807) is 18.2 Å². The van der Waals surface area contributed by atoms with Gasteiger partial charge in [-0.3, -0.25) is 4.79 Å². The Labute approximate surface area is 158 Å². The molecule has 0 radical (unpaired) electrons. The number of ether oxygens (including phenoxy) is 3. The van der Waals surface area contributed by atoms with Crippen LogP contribution < -0.4 is 19.5 Å². The summed E-state index contributed by atoms with van der Waals surface area (Å²) in [5.41, 5.74) is 1.42. The van der Waals surface area contributed by atoms with Crippen molar-refractivity contribution in [2.75, 3.05) is 25.1 Å². The van der Waals surface area contributed by atoms with E-state index < -0.39 is 0 Å². The van der Waals surface area contributed by atoms with E-state index in [2.05, 4.69) is 5.32 Å². The summed E-state index contributed by atoms with van der Waals surface area (Å²) < 4.78 is 16.8. The zero-order valence-electron chi connectivity index (χ0n) is 14.9. The van der Waals surface area contributed by atoms with Crippen LogP contribution in [-0.2, 0) is 4.79 Å². The third kappa shape index (κ3) is 4.22. The molecule has 0 saturated carbocycles. The maximum Gasteiger partial charge on any atom is 0.231 e. The minimum Gasteiger partial charge on any atom is -0.491 e. The molecule has 0 aromatic heterocycles. The molecule has 0 saturated heterocycles. The summed E-state index contributed by atoms with van der Waals surface area (Å²) in [5.74, 6) is 1.47. The van der Waals surface area contributed by atoms with Gasteiger partial charge in [-0.2, -0.15) is 0 Å². The second-order valence-corrected chi connectivity index (χ2v) is 6.54. The number of benzene rings is 2. The first-order valence-electron chi connectivity index (χ1n) is 8.71. The Morgan fingerprint density at radius 2 is 1.96 bits per heavy atom. The van der Waals surface area contributed by atoms with E-state index in [-0.39, 0.29) is 11.8 Å². The Morgan fingerprint density at radius 1 is 1.19 bits per heavy atom. The van der Waals surface area contributed by atoms with E-state index in [1.165, 1.54) is 0 Å². The minimum atomic E-state index is -0.371. The molecule has 1 amide bonds. The minimum absolute atomic E-state index is 0.148. The molecule has 2 aromatic rings. The van der Waals surface area contributed by atoms with Gasteiger partial charge < -0.3 is 19.5 Å². The monoisotopic (exact) mass is 375 g/mol. The van der Waals surface area contributed by atoms with Crippen molar-refractivity contribution in [2.24, 2.45) is 0 Å². The van der Waals surface area contributed by atoms with Crippen LogP contribution in [0.3, 0.4) is 0 Å². The molecule has 0 spiro atoms. The SMILES string of the molecule is CCCOc1ccc(Cl)cc1NC(=O)C(C)c1ccc2c(c1)OCCO2. The van der Waals surface area contributed by atoms with E-state index in [4.69, 9.17) is 25.8 Å². The van der Waals surface area contributed by atoms with Gasteiger partial charge in [0.2, 0.25) is 5.91 Å². The molecule has 2 aromatic carbocycles. The fraction of sp³-hybridized carbons (Fsp3) is 0.350. The van der Waals surface area contributed by atoms with Crippen LogP contribution in [0.2, 0.25) is 5.02 Å². The topological polar surface area (TPSA) is 56.8 Å². The lowest BCUT2D eigenvalue weighted by atomic mass is 9.99. The number of nitrogens with one attached hydrogen (secondary N) is 1. The molecule has 1 aliphatic heterocycles. The number of carbonyl (C=O) groups is 1. The summed E-state index contributed by atoms with van der Waals surface area (Å²) in [5, 5.41) is 3.46. The standard InChI is InChI=1S/C20H22ClNO4/c1-3-8-24-17-7-5-15(21)12-16(17)22-20(23)13(2)14-4-6-18-19(11-14)26-10-9-25-18/h4-7,11-13H,3,8-10H2,1-2H3,(H,22,23). The number of hydrogen-bond donors (Lipinski definition) is 1. The number of rotatable bonds is 6. The van der Waals surface area contributed by atoms with Gasteiger partial charge in [0.1, 0.15) is 19.0 Å². The van der Waals surface area contributed by atoms with Crippen LogP contribution in [0, 0.1) is 0 Å². The third-order valence-corrected chi connectivity index (χ3v) is 4.36. The summed E-state index contributed by atoms with van der Waals surface area (Å²) in [4.78, 5) is 12.7. The maximum atomic E-state index is 12.7. The van der Waals surface area contributed by atoms with Gasteiger partial charge in [-0.15, -0.1) is 0 Å². The fourth-order valence-corrected chi connectivity index (χ4v) is 2.83. The highest BCUT2D eigenvalue weighted by Gasteiger charge is 2.20. The average molecular weight is 376 g/mol. The number of amides is 1. The van der Waals surface area contributed by atoms with Crippen LogP contribution in [0.25, 0.3) is 0 Å². The lowest BCUT2D eigenvalue weighted by molar-refractivity contribution is -0.117. The fourth-order valence-electron chi connectivity index (χ4n) is 2.66. The number of carbonyl (C=O) groups excluding carboxylic acids is 1. The molecule has 26 heavy (non-hydrogen) atoms. The van der Waals surface area contributed by atoms with Gasteiger partial charge >= 0.3 is 0 Å². The second-order valence-electron chi connectivity index (χ2n) is 6.10. The highest BCUT2D eigenvalue weighted by Crippen LogP contribution is 2.34. The molecular formula is C20H22ClNO4. The lowest BCUT2D eigenvalue weighted by Crippen LogP contribution is -2.20. The van der Waals surface area contributed by atoms with Crippen LogP contribution >= 0.6 is 11.6 Å². The number of anilines is 1. The van der Waals surface area contributed by atoms with Crippen LogP contribution in [-0.4, -0.2) is 25.7 Å². The molecule has 138 valence electrons. The van der Waals surface area contributed by atoms with Crippen LogP contribution in [0.5, 0.6) is 17.2 Å². The van der Waals surface area contributed by atoms with Gasteiger partial charge in [-0.05, 0) is 49.2 Å². The van der Waals surface area contributed by atoms with Gasteiger partial charge in [-0.25, -0.2) is 0 Å². The Morgan fingerprint density at radius 3 is 2.73 bits per heavy atom. The summed E-state index contributed by atoms with van der Waals surface area (Å²) in [6.07, 6.45) is 0.879. The molecule has 6 heteroatoms. The Hall–Kier alpha value is -2.40. The van der Waals surface area contributed by atoms with Gasteiger partial charge in [-0.1, -0.05) is 24.6 Å². The summed E-state index contributed by atoms with van der Waals surface area (Å²) in [6.45, 7) is 5.49. The Bertz CT molecular complexity index is 793. The first-order valence-corrected chi connectivity index (χ1v) is 9.09. The highest BCUT2D eigenvalue weighted by molar-refractivity contribution is 6.31. The Balaban J connectivity index is 1.76. The number of halogens is 1. The molecular weight excluding hydrogens is 354 g/mol. The largest absolute Gasteiger partial charge is 0.491 e. The average Bonchev–Trinajstić information content (AvgIpc) is 2.66. The highest BCUT2D eigenvalue weighted by atomic mass is 35.5. The van der Waals surface area contributed by atoms with Crippen LogP contribution in [0.15, 0.2) is 36.4 Å². The van der Waals surface area contributed by atoms with Crippen molar-refractivity contribution in [3.05, 3.63) is 47.0 Å². The van der Waals surface area contributed by atoms with Crippen LogP contribution in [0.4, 0.5) is 5.69 Å². The molecule has 1 atom stereocenters. The molecule has 1 N–H and O–H groups in total. The lowest BCUT2D eigenvalue weighted by Gasteiger charge is -2.21. The second kappa shape index (κ2) is 8.32. The van der Waals surface area contributed by atoms with Gasteiger partial charge in [0.05, 0.1) is 18.2 Å². The summed E-state index contributed by atoms with van der Waals surface area (Å²) in [7, 11) is 0. The van der Waals surface area contributed by atoms with Crippen molar-refractivity contribution in [2.45, 2.75) is 26.2 Å². The predicted molar refractivity (Wildman–Crippen MR) is 102 cm³/mol. The van der Waals surface area contributed by atoms with Crippen molar-refractivity contribution in [3.63, 3.8) is 0 Å². The Kier molecular flexibility index (Phi) is 5.89. The molecule has 0 aliphatic carbocycles. The zero-order valence-corrected chi connectivity index (χ0v) is 15.6. The third-order valence-electron chi connectivity index (χ3n) is 4.12. The predicted octanol–water partition coefficient (Wildman–Crippen LogP) is 4.64. The van der Waals surface area contributed by atoms with Crippen LogP contribution in [0.1, 0.15) is 31.7 Å². The maximum absolute atomic E-state index is 12.7.